The highest BCUT2D eigenvalue weighted by Crippen LogP contribution is 2.40. The summed E-state index contributed by atoms with van der Waals surface area (Å²) in [5.74, 6) is -11.6. The first-order chi connectivity index (χ1) is 15.0. The number of halogens is 5. The molecule has 0 fully saturated rings. The molecule has 0 aliphatic heterocycles. The molecule has 0 spiro atoms. The van der Waals surface area contributed by atoms with Gasteiger partial charge in [0.2, 0.25) is 5.82 Å². The molecular weight excluding hydrogens is 435 g/mol. The predicted octanol–water partition coefficient (Wildman–Crippen LogP) is 6.07. The monoisotopic (exact) mass is 450 g/mol. The zero-order chi connectivity index (χ0) is 23.8. The third kappa shape index (κ3) is 3.91. The van der Waals surface area contributed by atoms with E-state index in [4.69, 9.17) is 0 Å². The van der Waals surface area contributed by atoms with Crippen molar-refractivity contribution in [3.05, 3.63) is 98.4 Å². The van der Waals surface area contributed by atoms with Gasteiger partial charge in [-0.05, 0) is 5.56 Å². The molecule has 0 unspecified atom stereocenters. The van der Waals surface area contributed by atoms with Crippen molar-refractivity contribution in [3.8, 4) is 5.75 Å². The van der Waals surface area contributed by atoms with Gasteiger partial charge in [-0.3, -0.25) is 10.1 Å². The van der Waals surface area contributed by atoms with Crippen LogP contribution in [0.3, 0.4) is 0 Å². The molecule has 166 valence electrons. The lowest BCUT2D eigenvalue weighted by molar-refractivity contribution is -0.385. The SMILES string of the molecule is CC(C)(c1ccccc1)c1cc([N+](=O)[O-])cc(C=Nc2c(F)c(F)c(F)c(F)c2F)c1O. The van der Waals surface area contributed by atoms with Gasteiger partial charge in [0.05, 0.1) is 4.92 Å². The van der Waals surface area contributed by atoms with E-state index < -0.39 is 56.5 Å². The fraction of sp³-hybridized carbons (Fsp3) is 0.136. The maximum Gasteiger partial charge on any atom is 0.270 e. The van der Waals surface area contributed by atoms with E-state index in [1.54, 1.807) is 44.2 Å². The largest absolute Gasteiger partial charge is 0.507 e. The molecule has 0 aromatic heterocycles. The summed E-state index contributed by atoms with van der Waals surface area (Å²) < 4.78 is 67.8. The van der Waals surface area contributed by atoms with Gasteiger partial charge in [-0.15, -0.1) is 0 Å². The molecule has 0 saturated carbocycles. The van der Waals surface area contributed by atoms with E-state index in [9.17, 15) is 37.2 Å². The van der Waals surface area contributed by atoms with Gasteiger partial charge in [0.25, 0.3) is 5.69 Å². The molecule has 0 radical (unpaired) electrons. The minimum Gasteiger partial charge on any atom is -0.507 e. The van der Waals surface area contributed by atoms with E-state index in [1.165, 1.54) is 0 Å². The van der Waals surface area contributed by atoms with Gasteiger partial charge in [-0.1, -0.05) is 44.2 Å². The molecule has 0 bridgehead atoms. The minimum atomic E-state index is -2.34. The summed E-state index contributed by atoms with van der Waals surface area (Å²) in [6.07, 6.45) is 0.602. The van der Waals surface area contributed by atoms with Crippen molar-refractivity contribution in [2.45, 2.75) is 19.3 Å². The van der Waals surface area contributed by atoms with Gasteiger partial charge in [-0.25, -0.2) is 26.9 Å². The second-order valence-electron chi connectivity index (χ2n) is 7.36. The molecular formula is C22H15F5N2O3. The Kier molecular flexibility index (Phi) is 5.98. The van der Waals surface area contributed by atoms with Crippen molar-refractivity contribution in [2.24, 2.45) is 4.99 Å². The average molecular weight is 450 g/mol. The standard InChI is InChI=1S/C22H15F5N2O3/c1-22(2,12-6-4-3-5-7-12)14-9-13(29(31)32)8-11(21(14)30)10-28-20-18(26)16(24)15(23)17(25)19(20)27/h3-10,30H,1-2H3. The Morgan fingerprint density at radius 1 is 0.938 bits per heavy atom. The molecule has 10 heteroatoms. The number of benzene rings is 3. The number of aliphatic imine (C=N–C) groups is 1. The van der Waals surface area contributed by atoms with Crippen LogP contribution >= 0.6 is 0 Å². The molecule has 3 aromatic carbocycles. The zero-order valence-corrected chi connectivity index (χ0v) is 16.7. The van der Waals surface area contributed by atoms with Crippen LogP contribution in [0.5, 0.6) is 5.75 Å². The summed E-state index contributed by atoms with van der Waals surface area (Å²) in [5.41, 5.74) is -2.47. The first kappa shape index (κ1) is 22.9. The molecule has 0 saturated heterocycles. The summed E-state index contributed by atoms with van der Waals surface area (Å²) >= 11 is 0. The molecule has 0 aliphatic carbocycles. The van der Waals surface area contributed by atoms with Crippen LogP contribution in [0.25, 0.3) is 0 Å². The molecule has 0 amide bonds. The number of phenols is 1. The number of nitro groups is 1. The van der Waals surface area contributed by atoms with E-state index in [-0.39, 0.29) is 11.1 Å². The van der Waals surface area contributed by atoms with E-state index in [2.05, 4.69) is 4.99 Å². The summed E-state index contributed by atoms with van der Waals surface area (Å²) in [7, 11) is 0. The molecule has 0 atom stereocenters. The van der Waals surface area contributed by atoms with Crippen LogP contribution in [0.2, 0.25) is 0 Å². The van der Waals surface area contributed by atoms with Gasteiger partial charge in [0.1, 0.15) is 11.4 Å². The van der Waals surface area contributed by atoms with Crippen LogP contribution in [0, 0.1) is 39.2 Å². The maximum absolute atomic E-state index is 13.9. The summed E-state index contributed by atoms with van der Waals surface area (Å²) in [4.78, 5) is 13.9. The molecule has 3 aromatic rings. The minimum absolute atomic E-state index is 0.0942. The van der Waals surface area contributed by atoms with Crippen molar-refractivity contribution in [1.82, 2.24) is 0 Å². The molecule has 3 rings (SSSR count). The number of nitro benzene ring substituents is 1. The summed E-state index contributed by atoms with van der Waals surface area (Å²) in [5, 5.41) is 22.2. The third-order valence-electron chi connectivity index (χ3n) is 5.02. The zero-order valence-electron chi connectivity index (χ0n) is 16.7. The fourth-order valence-electron chi connectivity index (χ4n) is 3.17. The highest BCUT2D eigenvalue weighted by Gasteiger charge is 2.30. The third-order valence-corrected chi connectivity index (χ3v) is 5.02. The molecule has 0 heterocycles. The molecule has 1 N–H and O–H groups in total. The van der Waals surface area contributed by atoms with Crippen LogP contribution < -0.4 is 0 Å². The Bertz CT molecular complexity index is 1220. The van der Waals surface area contributed by atoms with E-state index >= 15 is 0 Å². The molecule has 5 nitrogen and oxygen atoms in total. The number of aromatic hydroxyl groups is 1. The average Bonchev–Trinajstić information content (AvgIpc) is 2.77. The second-order valence-corrected chi connectivity index (χ2v) is 7.36. The number of phenolic OH excluding ortho intramolecular Hbond substituents is 1. The quantitative estimate of drug-likeness (QED) is 0.128. The number of non-ortho nitro benzene ring substituents is 1. The first-order valence-electron chi connectivity index (χ1n) is 9.09. The van der Waals surface area contributed by atoms with E-state index in [0.29, 0.717) is 11.8 Å². The Morgan fingerprint density at radius 3 is 2.00 bits per heavy atom. The van der Waals surface area contributed by atoms with Crippen LogP contribution in [-0.4, -0.2) is 16.2 Å². The summed E-state index contributed by atoms with van der Waals surface area (Å²) in [6, 6.07) is 10.7. The smallest absolute Gasteiger partial charge is 0.270 e. The molecule has 0 aliphatic rings. The van der Waals surface area contributed by atoms with Crippen molar-refractivity contribution in [1.29, 1.82) is 0 Å². The Labute approximate surface area is 178 Å². The number of hydrogen-bond donors (Lipinski definition) is 1. The van der Waals surface area contributed by atoms with Crippen molar-refractivity contribution in [2.75, 3.05) is 0 Å². The van der Waals surface area contributed by atoms with Gasteiger partial charge in [-0.2, -0.15) is 0 Å². The van der Waals surface area contributed by atoms with Gasteiger partial charge < -0.3 is 5.11 Å². The summed E-state index contributed by atoms with van der Waals surface area (Å²) in [6.45, 7) is 3.37. The highest BCUT2D eigenvalue weighted by atomic mass is 19.2. The van der Waals surface area contributed by atoms with Crippen molar-refractivity contribution in [3.63, 3.8) is 0 Å². The lowest BCUT2D eigenvalue weighted by Gasteiger charge is -2.27. The van der Waals surface area contributed by atoms with E-state index in [0.717, 1.165) is 12.1 Å². The van der Waals surface area contributed by atoms with Crippen LogP contribution in [0.15, 0.2) is 47.5 Å². The second kappa shape index (κ2) is 8.37. The van der Waals surface area contributed by atoms with Gasteiger partial charge >= 0.3 is 0 Å². The Hall–Kier alpha value is -3.82. The Balaban J connectivity index is 2.20. The lowest BCUT2D eigenvalue weighted by atomic mass is 9.77. The fourth-order valence-corrected chi connectivity index (χ4v) is 3.17. The highest BCUT2D eigenvalue weighted by molar-refractivity contribution is 5.87. The normalized spacial score (nSPS) is 11.8. The predicted molar refractivity (Wildman–Crippen MR) is 107 cm³/mol. The van der Waals surface area contributed by atoms with Crippen LogP contribution in [-0.2, 0) is 5.41 Å². The van der Waals surface area contributed by atoms with E-state index in [1.807, 2.05) is 0 Å². The number of rotatable bonds is 5. The number of nitrogens with zero attached hydrogens (tertiary/aromatic N) is 2. The molecule has 32 heavy (non-hydrogen) atoms. The lowest BCUT2D eigenvalue weighted by Crippen LogP contribution is -2.19. The Morgan fingerprint density at radius 2 is 1.47 bits per heavy atom. The maximum atomic E-state index is 13.9. The van der Waals surface area contributed by atoms with Crippen LogP contribution in [0.4, 0.5) is 33.3 Å². The first-order valence-corrected chi connectivity index (χ1v) is 9.09. The number of hydrogen-bond acceptors (Lipinski definition) is 4. The van der Waals surface area contributed by atoms with Crippen molar-refractivity contribution >= 4 is 17.6 Å². The van der Waals surface area contributed by atoms with Crippen LogP contribution in [0.1, 0.15) is 30.5 Å². The topological polar surface area (TPSA) is 75.7 Å². The van der Waals surface area contributed by atoms with Gasteiger partial charge in [0, 0.05) is 34.9 Å². The van der Waals surface area contributed by atoms with Gasteiger partial charge in [0.15, 0.2) is 23.3 Å². The van der Waals surface area contributed by atoms with Crippen molar-refractivity contribution < 1.29 is 32.0 Å².